The third kappa shape index (κ3) is 2.68. The molecule has 1 aliphatic rings. The number of halogens is 2. The van der Waals surface area contributed by atoms with Gasteiger partial charge in [-0.3, -0.25) is 4.79 Å². The fourth-order valence-electron chi connectivity index (χ4n) is 1.93. The van der Waals surface area contributed by atoms with Gasteiger partial charge in [0.15, 0.2) is 0 Å². The Kier molecular flexibility index (Phi) is 3.52. The number of hydrogen-bond acceptors (Lipinski definition) is 1. The van der Waals surface area contributed by atoms with Crippen LogP contribution in [0.1, 0.15) is 30.1 Å². The van der Waals surface area contributed by atoms with Gasteiger partial charge >= 0.3 is 0 Å². The van der Waals surface area contributed by atoms with Gasteiger partial charge in [0.1, 0.15) is 5.82 Å². The molecule has 92 valence electrons. The highest BCUT2D eigenvalue weighted by atomic mass is 79.9. The molecule has 0 heterocycles. The summed E-state index contributed by atoms with van der Waals surface area (Å²) in [7, 11) is 1.78. The first-order valence-electron chi connectivity index (χ1n) is 5.73. The van der Waals surface area contributed by atoms with Gasteiger partial charge < -0.3 is 4.90 Å². The highest BCUT2D eigenvalue weighted by Gasteiger charge is 2.33. The summed E-state index contributed by atoms with van der Waals surface area (Å²) < 4.78 is 13.8. The molecule has 1 saturated carbocycles. The maximum absolute atomic E-state index is 13.2. The molecule has 1 aliphatic carbocycles. The van der Waals surface area contributed by atoms with E-state index in [1.807, 2.05) is 6.92 Å². The monoisotopic (exact) mass is 299 g/mol. The molecule has 0 radical (unpaired) electrons. The lowest BCUT2D eigenvalue weighted by Gasteiger charge is -2.25. The fraction of sp³-hybridized carbons (Fsp3) is 0.462. The highest BCUT2D eigenvalue weighted by molar-refractivity contribution is 9.10. The van der Waals surface area contributed by atoms with E-state index < -0.39 is 0 Å². The molecule has 1 atom stereocenters. The van der Waals surface area contributed by atoms with E-state index in [9.17, 15) is 9.18 Å². The molecule has 1 fully saturated rings. The van der Waals surface area contributed by atoms with E-state index in [4.69, 9.17) is 0 Å². The Hall–Kier alpha value is -0.900. The zero-order valence-corrected chi connectivity index (χ0v) is 11.5. The van der Waals surface area contributed by atoms with Crippen LogP contribution in [0.5, 0.6) is 0 Å². The number of benzene rings is 1. The molecule has 2 nitrogen and oxygen atoms in total. The lowest BCUT2D eigenvalue weighted by atomic mass is 10.1. The predicted molar refractivity (Wildman–Crippen MR) is 68.4 cm³/mol. The van der Waals surface area contributed by atoms with Crippen LogP contribution < -0.4 is 0 Å². The van der Waals surface area contributed by atoms with Gasteiger partial charge in [-0.15, -0.1) is 0 Å². The van der Waals surface area contributed by atoms with E-state index >= 15 is 0 Å². The molecule has 17 heavy (non-hydrogen) atoms. The third-order valence-electron chi connectivity index (χ3n) is 3.39. The maximum Gasteiger partial charge on any atom is 0.255 e. The van der Waals surface area contributed by atoms with Gasteiger partial charge in [0.05, 0.1) is 5.56 Å². The van der Waals surface area contributed by atoms with E-state index in [0.717, 1.165) is 0 Å². The standard InChI is InChI=1S/C13H15BrFNO/c1-8(9-3-4-9)16(2)13(17)11-7-10(15)5-6-12(11)14/h5-9H,3-4H2,1-2H3. The zero-order valence-electron chi connectivity index (χ0n) is 9.91. The van der Waals surface area contributed by atoms with E-state index in [1.165, 1.54) is 25.0 Å². The first-order chi connectivity index (χ1) is 8.00. The summed E-state index contributed by atoms with van der Waals surface area (Å²) in [6.45, 7) is 2.04. The van der Waals surface area contributed by atoms with Crippen molar-refractivity contribution >= 4 is 21.8 Å². The Balaban J connectivity index is 2.20. The van der Waals surface area contributed by atoms with Crippen molar-refractivity contribution in [1.82, 2.24) is 4.90 Å². The van der Waals surface area contributed by atoms with E-state index in [0.29, 0.717) is 16.0 Å². The molecule has 0 saturated heterocycles. The van der Waals surface area contributed by atoms with Crippen LogP contribution in [0.4, 0.5) is 4.39 Å². The average molecular weight is 300 g/mol. The van der Waals surface area contributed by atoms with Crippen molar-refractivity contribution in [3.05, 3.63) is 34.1 Å². The Labute approximate surface area is 109 Å². The Morgan fingerprint density at radius 1 is 1.53 bits per heavy atom. The fourth-order valence-corrected chi connectivity index (χ4v) is 2.35. The van der Waals surface area contributed by atoms with Crippen LogP contribution >= 0.6 is 15.9 Å². The van der Waals surface area contributed by atoms with Gasteiger partial charge in [-0.2, -0.15) is 0 Å². The van der Waals surface area contributed by atoms with Gasteiger partial charge in [0, 0.05) is 17.6 Å². The second-order valence-corrected chi connectivity index (χ2v) is 5.47. The van der Waals surface area contributed by atoms with Crippen LogP contribution in [-0.2, 0) is 0 Å². The first kappa shape index (κ1) is 12.6. The number of carbonyl (C=O) groups is 1. The minimum atomic E-state index is -0.385. The number of nitrogens with zero attached hydrogens (tertiary/aromatic N) is 1. The summed E-state index contributed by atoms with van der Waals surface area (Å²) in [5.74, 6) is 0.0936. The van der Waals surface area contributed by atoms with Crippen molar-refractivity contribution in [2.45, 2.75) is 25.8 Å². The van der Waals surface area contributed by atoms with Gasteiger partial charge in [0.2, 0.25) is 0 Å². The maximum atomic E-state index is 13.2. The Morgan fingerprint density at radius 3 is 2.76 bits per heavy atom. The predicted octanol–water partition coefficient (Wildman–Crippen LogP) is 3.46. The number of rotatable bonds is 3. The lowest BCUT2D eigenvalue weighted by molar-refractivity contribution is 0.0726. The van der Waals surface area contributed by atoms with E-state index in [1.54, 1.807) is 18.0 Å². The molecule has 1 amide bonds. The Bertz CT molecular complexity index is 445. The van der Waals surface area contributed by atoms with Gasteiger partial charge in [0.25, 0.3) is 5.91 Å². The molecule has 0 aliphatic heterocycles. The first-order valence-corrected chi connectivity index (χ1v) is 6.52. The van der Waals surface area contributed by atoms with Crippen LogP contribution in [0.3, 0.4) is 0 Å². The molecule has 1 unspecified atom stereocenters. The largest absolute Gasteiger partial charge is 0.339 e. The number of carbonyl (C=O) groups excluding carboxylic acids is 1. The summed E-state index contributed by atoms with van der Waals surface area (Å²) >= 11 is 3.29. The molecule has 0 N–H and O–H groups in total. The third-order valence-corrected chi connectivity index (χ3v) is 4.09. The van der Waals surface area contributed by atoms with Crippen molar-refractivity contribution < 1.29 is 9.18 Å². The van der Waals surface area contributed by atoms with Gasteiger partial charge in [-0.05, 0) is 59.8 Å². The van der Waals surface area contributed by atoms with Crippen LogP contribution in [-0.4, -0.2) is 23.9 Å². The second kappa shape index (κ2) is 4.77. The summed E-state index contributed by atoms with van der Waals surface area (Å²) in [6.07, 6.45) is 2.37. The summed E-state index contributed by atoms with van der Waals surface area (Å²) in [4.78, 5) is 13.9. The van der Waals surface area contributed by atoms with Crippen LogP contribution in [0.15, 0.2) is 22.7 Å². The van der Waals surface area contributed by atoms with Crippen LogP contribution in [0.2, 0.25) is 0 Å². The van der Waals surface area contributed by atoms with Crippen molar-refractivity contribution in [3.8, 4) is 0 Å². The molecule has 0 spiro atoms. The van der Waals surface area contributed by atoms with Crippen molar-refractivity contribution in [1.29, 1.82) is 0 Å². The van der Waals surface area contributed by atoms with Crippen molar-refractivity contribution in [2.24, 2.45) is 5.92 Å². The Morgan fingerprint density at radius 2 is 2.18 bits per heavy atom. The van der Waals surface area contributed by atoms with E-state index in [-0.39, 0.29) is 17.8 Å². The summed E-state index contributed by atoms with van der Waals surface area (Å²) in [6, 6.07) is 4.41. The topological polar surface area (TPSA) is 20.3 Å². The molecule has 1 aromatic carbocycles. The average Bonchev–Trinajstić information content (AvgIpc) is 3.13. The molecule has 4 heteroatoms. The second-order valence-electron chi connectivity index (χ2n) is 4.62. The molecule has 2 rings (SSSR count). The smallest absolute Gasteiger partial charge is 0.255 e. The molecular formula is C13H15BrFNO. The normalized spacial score (nSPS) is 16.7. The lowest BCUT2D eigenvalue weighted by Crippen LogP contribution is -2.36. The quantitative estimate of drug-likeness (QED) is 0.837. The zero-order chi connectivity index (χ0) is 12.6. The number of hydrogen-bond donors (Lipinski definition) is 0. The molecule has 0 bridgehead atoms. The SMILES string of the molecule is CC(C1CC1)N(C)C(=O)c1cc(F)ccc1Br. The highest BCUT2D eigenvalue weighted by Crippen LogP contribution is 2.35. The number of amides is 1. The van der Waals surface area contributed by atoms with Crippen molar-refractivity contribution in [2.75, 3.05) is 7.05 Å². The van der Waals surface area contributed by atoms with Crippen LogP contribution in [0.25, 0.3) is 0 Å². The minimum Gasteiger partial charge on any atom is -0.339 e. The minimum absolute atomic E-state index is 0.129. The summed E-state index contributed by atoms with van der Waals surface area (Å²) in [5, 5.41) is 0. The molecule has 0 aromatic heterocycles. The van der Waals surface area contributed by atoms with Gasteiger partial charge in [-0.1, -0.05) is 0 Å². The van der Waals surface area contributed by atoms with Gasteiger partial charge in [-0.25, -0.2) is 4.39 Å². The van der Waals surface area contributed by atoms with Crippen molar-refractivity contribution in [3.63, 3.8) is 0 Å². The molecule has 1 aromatic rings. The molecular weight excluding hydrogens is 285 g/mol. The van der Waals surface area contributed by atoms with E-state index in [2.05, 4.69) is 15.9 Å². The summed E-state index contributed by atoms with van der Waals surface area (Å²) in [5.41, 5.74) is 0.389. The van der Waals surface area contributed by atoms with Crippen LogP contribution in [0, 0.1) is 11.7 Å².